The number of benzene rings is 1. The molecule has 0 aliphatic heterocycles. The zero-order chi connectivity index (χ0) is 15.9. The summed E-state index contributed by atoms with van der Waals surface area (Å²) in [6.45, 7) is 0. The summed E-state index contributed by atoms with van der Waals surface area (Å²) in [5, 5.41) is 1.37. The maximum absolute atomic E-state index is 13.7. The quantitative estimate of drug-likeness (QED) is 0.445. The molecule has 22 heavy (non-hydrogen) atoms. The number of aromatic nitrogens is 3. The standard InChI is InChI=1S/C12H4F4N4OS/c13-5-4-9(8(16)7(15)6(5)14)22-12(19-10(4)21)20-11-17-2-1-3-18-11/h1-3H,(H,17,18,19,20,21). The SMILES string of the molecule is O=c1nc(Nc2ncccn2)sc2c(F)c(F)c(F)c(F)c12. The van der Waals surface area contributed by atoms with Gasteiger partial charge >= 0.3 is 0 Å². The average Bonchev–Trinajstić information content (AvgIpc) is 2.51. The van der Waals surface area contributed by atoms with Crippen molar-refractivity contribution < 1.29 is 17.6 Å². The summed E-state index contributed by atoms with van der Waals surface area (Å²) in [6, 6.07) is 1.54. The highest BCUT2D eigenvalue weighted by atomic mass is 32.1. The molecule has 0 atom stereocenters. The highest BCUT2D eigenvalue weighted by Gasteiger charge is 2.24. The van der Waals surface area contributed by atoms with Crippen molar-refractivity contribution in [3.05, 3.63) is 52.1 Å². The van der Waals surface area contributed by atoms with Gasteiger partial charge in [0.1, 0.15) is 5.39 Å². The Morgan fingerprint density at radius 2 is 1.59 bits per heavy atom. The van der Waals surface area contributed by atoms with E-state index >= 15 is 0 Å². The zero-order valence-corrected chi connectivity index (χ0v) is 11.2. The fourth-order valence-electron chi connectivity index (χ4n) is 1.68. The van der Waals surface area contributed by atoms with Crippen LogP contribution in [0.15, 0.2) is 23.3 Å². The van der Waals surface area contributed by atoms with Crippen LogP contribution < -0.4 is 10.9 Å². The summed E-state index contributed by atoms with van der Waals surface area (Å²) in [7, 11) is 0. The van der Waals surface area contributed by atoms with E-state index in [-0.39, 0.29) is 11.1 Å². The third kappa shape index (κ3) is 2.26. The van der Waals surface area contributed by atoms with Crippen LogP contribution in [0.4, 0.5) is 28.6 Å². The van der Waals surface area contributed by atoms with Crippen molar-refractivity contribution in [3.8, 4) is 0 Å². The zero-order valence-electron chi connectivity index (χ0n) is 10.4. The number of rotatable bonds is 2. The molecule has 0 bridgehead atoms. The predicted molar refractivity (Wildman–Crippen MR) is 71.0 cm³/mol. The van der Waals surface area contributed by atoms with E-state index in [1.54, 1.807) is 0 Å². The number of anilines is 2. The Morgan fingerprint density at radius 3 is 2.27 bits per heavy atom. The molecule has 112 valence electrons. The maximum atomic E-state index is 13.7. The first-order valence-electron chi connectivity index (χ1n) is 5.70. The molecule has 0 aliphatic rings. The first-order chi connectivity index (χ1) is 10.5. The summed E-state index contributed by atoms with van der Waals surface area (Å²) in [5.74, 6) is -7.42. The number of hydrogen-bond acceptors (Lipinski definition) is 6. The van der Waals surface area contributed by atoms with Gasteiger partial charge in [-0.05, 0) is 6.07 Å². The second-order valence-electron chi connectivity index (χ2n) is 3.98. The molecule has 0 unspecified atom stereocenters. The minimum atomic E-state index is -2.05. The smallest absolute Gasteiger partial charge is 0.284 e. The van der Waals surface area contributed by atoms with Gasteiger partial charge in [-0.3, -0.25) is 10.1 Å². The molecule has 0 radical (unpaired) electrons. The Bertz CT molecular complexity index is 932. The van der Waals surface area contributed by atoms with Gasteiger partial charge < -0.3 is 0 Å². The first-order valence-corrected chi connectivity index (χ1v) is 6.51. The molecule has 3 aromatic rings. The molecule has 1 N–H and O–H groups in total. The van der Waals surface area contributed by atoms with Crippen molar-refractivity contribution in [1.82, 2.24) is 15.0 Å². The molecule has 3 rings (SSSR count). The van der Waals surface area contributed by atoms with E-state index in [1.165, 1.54) is 18.5 Å². The summed E-state index contributed by atoms with van der Waals surface area (Å²) in [5.41, 5.74) is -1.23. The van der Waals surface area contributed by atoms with Crippen LogP contribution in [-0.2, 0) is 0 Å². The van der Waals surface area contributed by atoms with Gasteiger partial charge in [0.15, 0.2) is 28.4 Å². The van der Waals surface area contributed by atoms with Crippen molar-refractivity contribution in [2.75, 3.05) is 5.32 Å². The summed E-state index contributed by atoms with van der Waals surface area (Å²) >= 11 is 0.436. The van der Waals surface area contributed by atoms with Gasteiger partial charge in [0.25, 0.3) is 5.56 Å². The van der Waals surface area contributed by atoms with E-state index in [0.29, 0.717) is 11.3 Å². The molecular weight excluding hydrogens is 324 g/mol. The van der Waals surface area contributed by atoms with Crippen molar-refractivity contribution in [1.29, 1.82) is 0 Å². The molecule has 0 amide bonds. The fraction of sp³-hybridized carbons (Fsp3) is 0. The van der Waals surface area contributed by atoms with Gasteiger partial charge in [-0.25, -0.2) is 27.5 Å². The van der Waals surface area contributed by atoms with Gasteiger partial charge in [-0.1, -0.05) is 11.3 Å². The van der Waals surface area contributed by atoms with E-state index in [4.69, 9.17) is 0 Å². The van der Waals surface area contributed by atoms with Crippen LogP contribution >= 0.6 is 11.3 Å². The summed E-state index contributed by atoms with van der Waals surface area (Å²) in [4.78, 5) is 22.8. The largest absolute Gasteiger partial charge is 0.300 e. The van der Waals surface area contributed by atoms with E-state index in [0.717, 1.165) is 0 Å². The predicted octanol–water partition coefficient (Wildman–Crippen LogP) is 2.75. The van der Waals surface area contributed by atoms with Gasteiger partial charge in [0, 0.05) is 12.4 Å². The van der Waals surface area contributed by atoms with Crippen LogP contribution in [-0.4, -0.2) is 15.0 Å². The molecule has 10 heteroatoms. The lowest BCUT2D eigenvalue weighted by Gasteiger charge is -2.06. The Balaban J connectivity index is 2.23. The van der Waals surface area contributed by atoms with Crippen molar-refractivity contribution in [3.63, 3.8) is 0 Å². The third-order valence-electron chi connectivity index (χ3n) is 2.62. The Kier molecular flexibility index (Phi) is 3.45. The molecule has 1 aromatic carbocycles. The van der Waals surface area contributed by atoms with Crippen molar-refractivity contribution in [2.24, 2.45) is 0 Å². The highest BCUT2D eigenvalue weighted by molar-refractivity contribution is 7.21. The number of nitrogens with zero attached hydrogens (tertiary/aromatic N) is 3. The normalized spacial score (nSPS) is 10.9. The van der Waals surface area contributed by atoms with E-state index < -0.39 is 38.9 Å². The lowest BCUT2D eigenvalue weighted by Crippen LogP contribution is -2.12. The Hall–Kier alpha value is -2.62. The molecule has 0 aliphatic carbocycles. The molecule has 0 fully saturated rings. The topological polar surface area (TPSA) is 67.8 Å². The first kappa shape index (κ1) is 14.3. The van der Waals surface area contributed by atoms with Crippen LogP contribution in [0.2, 0.25) is 0 Å². The average molecular weight is 328 g/mol. The van der Waals surface area contributed by atoms with Crippen LogP contribution in [0, 0.1) is 23.3 Å². The van der Waals surface area contributed by atoms with Gasteiger partial charge in [-0.2, -0.15) is 4.98 Å². The lowest BCUT2D eigenvalue weighted by atomic mass is 10.2. The highest BCUT2D eigenvalue weighted by Crippen LogP contribution is 2.30. The summed E-state index contributed by atoms with van der Waals surface area (Å²) < 4.78 is 53.1. The lowest BCUT2D eigenvalue weighted by molar-refractivity contribution is 0.418. The fourth-order valence-corrected chi connectivity index (χ4v) is 2.60. The minimum absolute atomic E-state index is 0.0495. The number of halogens is 4. The van der Waals surface area contributed by atoms with Crippen LogP contribution in [0.3, 0.4) is 0 Å². The molecular formula is C12H4F4N4OS. The molecule has 5 nitrogen and oxygen atoms in total. The molecule has 2 aromatic heterocycles. The van der Waals surface area contributed by atoms with Crippen LogP contribution in [0.1, 0.15) is 0 Å². The number of fused-ring (bicyclic) bond motifs is 1. The maximum Gasteiger partial charge on any atom is 0.284 e. The molecule has 2 heterocycles. The van der Waals surface area contributed by atoms with E-state index in [1.807, 2.05) is 0 Å². The second-order valence-corrected chi connectivity index (χ2v) is 4.98. The monoisotopic (exact) mass is 328 g/mol. The van der Waals surface area contributed by atoms with Crippen LogP contribution in [0.25, 0.3) is 10.1 Å². The van der Waals surface area contributed by atoms with E-state index in [9.17, 15) is 22.4 Å². The van der Waals surface area contributed by atoms with Crippen LogP contribution in [0.5, 0.6) is 0 Å². The van der Waals surface area contributed by atoms with Crippen molar-refractivity contribution in [2.45, 2.75) is 0 Å². The molecule has 0 saturated carbocycles. The van der Waals surface area contributed by atoms with Gasteiger partial charge in [0.2, 0.25) is 5.95 Å². The van der Waals surface area contributed by atoms with Gasteiger partial charge in [0.05, 0.1) is 4.70 Å². The minimum Gasteiger partial charge on any atom is -0.300 e. The number of nitrogens with one attached hydrogen (secondary N) is 1. The summed E-state index contributed by atoms with van der Waals surface area (Å²) in [6.07, 6.45) is 2.79. The van der Waals surface area contributed by atoms with Crippen molar-refractivity contribution >= 4 is 32.5 Å². The molecule has 0 spiro atoms. The van der Waals surface area contributed by atoms with E-state index in [2.05, 4.69) is 20.3 Å². The molecule has 0 saturated heterocycles. The Morgan fingerprint density at radius 1 is 0.955 bits per heavy atom. The Labute approximate surface area is 123 Å². The second kappa shape index (κ2) is 5.30. The third-order valence-corrected chi connectivity index (χ3v) is 3.60. The number of hydrogen-bond donors (Lipinski definition) is 1. The van der Waals surface area contributed by atoms with Gasteiger partial charge in [-0.15, -0.1) is 0 Å².